The summed E-state index contributed by atoms with van der Waals surface area (Å²) in [6, 6.07) is 77.9. The van der Waals surface area contributed by atoms with Crippen molar-refractivity contribution in [2.45, 2.75) is 125 Å². The highest BCUT2D eigenvalue weighted by molar-refractivity contribution is 7.99. The van der Waals surface area contributed by atoms with Crippen molar-refractivity contribution < 1.29 is 4.42 Å². The highest BCUT2D eigenvalue weighted by Gasteiger charge is 2.54. The van der Waals surface area contributed by atoms with Gasteiger partial charge in [-0.3, -0.25) is 0 Å². The van der Waals surface area contributed by atoms with E-state index in [9.17, 15) is 0 Å². The van der Waals surface area contributed by atoms with E-state index in [0.29, 0.717) is 0 Å². The lowest BCUT2D eigenvalue weighted by atomic mass is 9.65. The SMILES string of the molecule is CC(C)(C)c1ccc2c(c1)C1(c3cc(C(C)(C)C)ccc3S2)c2ccccc2-c2ccc(N(c3ccc4c(c3)C3(c5ccccc5-4)c4cc(C(C)(C)C)ccc4-c4ccc(C(C)(C)C)cc43)c3cccc4c3oc3ccccc34)cc21. The smallest absolute Gasteiger partial charge is 0.159 e. The van der Waals surface area contributed by atoms with Crippen molar-refractivity contribution in [1.29, 1.82) is 0 Å². The number of hydrogen-bond donors (Lipinski definition) is 0. The summed E-state index contributed by atoms with van der Waals surface area (Å²) in [5.41, 5.74) is 27.3. The molecule has 0 N–H and O–H groups in total. The molecule has 2 nitrogen and oxygen atoms in total. The van der Waals surface area contributed by atoms with Crippen molar-refractivity contribution in [2.24, 2.45) is 0 Å². The van der Waals surface area contributed by atoms with Crippen molar-refractivity contribution in [1.82, 2.24) is 0 Å². The van der Waals surface area contributed by atoms with Crippen LogP contribution in [-0.4, -0.2) is 0 Å². The average Bonchev–Trinajstić information content (AvgIpc) is 4.00. The fraction of sp³-hybridized carbons (Fsp3) is 0.231. The Kier molecular flexibility index (Phi) is 10.4. The minimum Gasteiger partial charge on any atom is -0.454 e. The van der Waals surface area contributed by atoms with Crippen LogP contribution in [0, 0.1) is 0 Å². The Morgan fingerprint density at radius 2 is 0.691 bits per heavy atom. The molecule has 3 aliphatic carbocycles. The first-order valence-electron chi connectivity index (χ1n) is 29.1. The maximum atomic E-state index is 7.12. The van der Waals surface area contributed by atoms with Gasteiger partial charge < -0.3 is 9.32 Å². The summed E-state index contributed by atoms with van der Waals surface area (Å²) in [5.74, 6) is 0. The normalized spacial score (nSPS) is 15.1. The number of anilines is 3. The lowest BCUT2D eigenvalue weighted by Gasteiger charge is -2.41. The molecule has 0 saturated carbocycles. The summed E-state index contributed by atoms with van der Waals surface area (Å²) in [5, 5.41) is 2.21. The molecule has 4 aliphatic rings. The Balaban J connectivity index is 1.05. The third-order valence-corrected chi connectivity index (χ3v) is 19.9. The fourth-order valence-corrected chi connectivity index (χ4v) is 15.7. The Bertz CT molecular complexity index is 4370. The van der Waals surface area contributed by atoms with Gasteiger partial charge in [-0.25, -0.2) is 0 Å². The predicted octanol–water partition coefficient (Wildman–Crippen LogP) is 21.4. The zero-order chi connectivity index (χ0) is 55.9. The first-order chi connectivity index (χ1) is 38.7. The number of furan rings is 1. The van der Waals surface area contributed by atoms with Crippen LogP contribution in [0.15, 0.2) is 214 Å². The van der Waals surface area contributed by atoms with E-state index in [4.69, 9.17) is 4.42 Å². The van der Waals surface area contributed by atoms with Crippen LogP contribution in [-0.2, 0) is 32.5 Å². The largest absolute Gasteiger partial charge is 0.454 e. The molecule has 0 bridgehead atoms. The molecule has 81 heavy (non-hydrogen) atoms. The number of benzene rings is 10. The maximum Gasteiger partial charge on any atom is 0.159 e. The molecule has 0 atom stereocenters. The van der Waals surface area contributed by atoms with E-state index in [2.05, 4.69) is 288 Å². The van der Waals surface area contributed by atoms with Gasteiger partial charge in [0.05, 0.1) is 16.5 Å². The Morgan fingerprint density at radius 1 is 0.321 bits per heavy atom. The standard InChI is InChI=1S/C78H69NOS/c1-73(2,3)46-28-34-54-55-35-29-47(74(4,5)6)41-63(55)77(62(54)40-46)60-24-16-13-20-52(60)56-36-32-50(44-64(56)77)79(68-26-19-23-59-58-22-15-18-27-69(58)80-72(59)68)51-33-37-57-53-21-14-17-25-61(53)78(65(57)45-51)66-42-48(75(7,8)9)30-38-70(66)81-71-39-31-49(43-67(71)78)76(10,11)12/h13-45H,1-12H3. The van der Waals surface area contributed by atoms with Crippen LogP contribution in [0.4, 0.5) is 17.1 Å². The van der Waals surface area contributed by atoms with Gasteiger partial charge in [0, 0.05) is 31.9 Å². The van der Waals surface area contributed by atoms with Crippen LogP contribution in [0.25, 0.3) is 55.3 Å². The van der Waals surface area contributed by atoms with Gasteiger partial charge >= 0.3 is 0 Å². The lowest BCUT2D eigenvalue weighted by Crippen LogP contribution is -2.33. The van der Waals surface area contributed by atoms with Gasteiger partial charge in [0.1, 0.15) is 5.58 Å². The van der Waals surface area contributed by atoms with E-state index in [0.717, 1.165) is 39.0 Å². The second-order valence-electron chi connectivity index (χ2n) is 27.7. The first-order valence-corrected chi connectivity index (χ1v) is 30.0. The third kappa shape index (κ3) is 7.00. The predicted molar refractivity (Wildman–Crippen MR) is 341 cm³/mol. The average molecular weight is 1070 g/mol. The van der Waals surface area contributed by atoms with Gasteiger partial charge in [-0.15, -0.1) is 0 Å². The highest BCUT2D eigenvalue weighted by Crippen LogP contribution is 2.66. The lowest BCUT2D eigenvalue weighted by molar-refractivity contribution is 0.581. The minimum atomic E-state index is -0.617. The van der Waals surface area contributed by atoms with E-state index in [-0.39, 0.29) is 21.7 Å². The molecule has 1 aromatic heterocycles. The summed E-state index contributed by atoms with van der Waals surface area (Å²) in [6.07, 6.45) is 0. The molecule has 0 amide bonds. The Labute approximate surface area is 482 Å². The topological polar surface area (TPSA) is 16.4 Å². The number of rotatable bonds is 3. The number of fused-ring (bicyclic) bond motifs is 22. The van der Waals surface area contributed by atoms with Gasteiger partial charge in [0.2, 0.25) is 0 Å². The zero-order valence-corrected chi connectivity index (χ0v) is 49.6. The van der Waals surface area contributed by atoms with Gasteiger partial charge in [-0.1, -0.05) is 247 Å². The summed E-state index contributed by atoms with van der Waals surface area (Å²) >= 11 is 1.93. The third-order valence-electron chi connectivity index (χ3n) is 18.8. The molecule has 2 heterocycles. The molecule has 15 rings (SSSR count). The van der Waals surface area contributed by atoms with Crippen LogP contribution in [0.3, 0.4) is 0 Å². The summed E-state index contributed by atoms with van der Waals surface area (Å²) in [4.78, 5) is 5.14. The number of nitrogens with zero attached hydrogens (tertiary/aromatic N) is 1. The summed E-state index contributed by atoms with van der Waals surface area (Å²) in [6.45, 7) is 28.2. The first kappa shape index (κ1) is 50.1. The van der Waals surface area contributed by atoms with Crippen LogP contribution < -0.4 is 4.90 Å². The molecule has 0 radical (unpaired) electrons. The van der Waals surface area contributed by atoms with E-state index in [1.165, 1.54) is 110 Å². The molecule has 10 aromatic carbocycles. The molecule has 11 aromatic rings. The molecule has 0 fully saturated rings. The van der Waals surface area contributed by atoms with E-state index >= 15 is 0 Å². The molecule has 0 saturated heterocycles. The number of hydrogen-bond acceptors (Lipinski definition) is 3. The van der Waals surface area contributed by atoms with Gasteiger partial charge in [-0.2, -0.15) is 0 Å². The monoisotopic (exact) mass is 1070 g/mol. The molecule has 398 valence electrons. The van der Waals surface area contributed by atoms with Crippen molar-refractivity contribution in [3.63, 3.8) is 0 Å². The van der Waals surface area contributed by atoms with E-state index < -0.39 is 10.8 Å². The second-order valence-corrected chi connectivity index (χ2v) is 28.8. The quantitative estimate of drug-likeness (QED) is 0.175. The Hall–Kier alpha value is -7.85. The molecular formula is C78H69NOS. The summed E-state index contributed by atoms with van der Waals surface area (Å²) in [7, 11) is 0. The van der Waals surface area contributed by atoms with Crippen molar-refractivity contribution in [2.75, 3.05) is 4.90 Å². The molecule has 1 aliphatic heterocycles. The van der Waals surface area contributed by atoms with Crippen LogP contribution in [0.5, 0.6) is 0 Å². The van der Waals surface area contributed by atoms with Crippen LogP contribution in [0.1, 0.15) is 150 Å². The molecule has 2 spiro atoms. The molecule has 0 unspecified atom stereocenters. The Morgan fingerprint density at radius 3 is 1.17 bits per heavy atom. The maximum absolute atomic E-state index is 7.12. The van der Waals surface area contributed by atoms with Crippen LogP contribution >= 0.6 is 11.8 Å². The van der Waals surface area contributed by atoms with Crippen molar-refractivity contribution in [3.05, 3.63) is 267 Å². The second kappa shape index (κ2) is 16.9. The fourth-order valence-electron chi connectivity index (χ4n) is 14.6. The zero-order valence-electron chi connectivity index (χ0n) is 48.8. The van der Waals surface area contributed by atoms with Gasteiger partial charge in [0.15, 0.2) is 5.58 Å². The van der Waals surface area contributed by atoms with E-state index in [1.807, 2.05) is 11.8 Å². The van der Waals surface area contributed by atoms with Crippen molar-refractivity contribution >= 4 is 50.8 Å². The van der Waals surface area contributed by atoms with E-state index in [1.54, 1.807) is 0 Å². The van der Waals surface area contributed by atoms with Gasteiger partial charge in [-0.05, 0) is 170 Å². The number of para-hydroxylation sites is 2. The van der Waals surface area contributed by atoms with Gasteiger partial charge in [0.25, 0.3) is 0 Å². The summed E-state index contributed by atoms with van der Waals surface area (Å²) < 4.78 is 7.12. The highest BCUT2D eigenvalue weighted by atomic mass is 32.2. The molecular weight excluding hydrogens is 999 g/mol. The molecule has 3 heteroatoms. The van der Waals surface area contributed by atoms with Crippen molar-refractivity contribution in [3.8, 4) is 33.4 Å². The van der Waals surface area contributed by atoms with Crippen LogP contribution in [0.2, 0.25) is 0 Å². The minimum absolute atomic E-state index is 0.0578.